The molecule has 0 amide bonds. The summed E-state index contributed by atoms with van der Waals surface area (Å²) in [6, 6.07) is 2.78. The Labute approximate surface area is 111 Å². The zero-order valence-electron chi connectivity index (χ0n) is 12.0. The van der Waals surface area contributed by atoms with Crippen LogP contribution in [0.25, 0.3) is 0 Å². The average molecular weight is 254 g/mol. The fourth-order valence-corrected chi connectivity index (χ4v) is 2.76. The molecule has 0 aromatic carbocycles. The maximum Gasteiger partial charge on any atom is 0.109 e. The fourth-order valence-electron chi connectivity index (χ4n) is 2.76. The third kappa shape index (κ3) is 4.56. The molecule has 0 radical (unpaired) electrons. The summed E-state index contributed by atoms with van der Waals surface area (Å²) in [5.74, 6) is 0. The number of ether oxygens (including phenoxy) is 2. The maximum absolute atomic E-state index is 9.45. The number of nitrogens with one attached hydrogen (secondary N) is 1. The van der Waals surface area contributed by atoms with Crippen LogP contribution in [-0.2, 0) is 9.47 Å². The normalized spacial score (nSPS) is 30.1. The van der Waals surface area contributed by atoms with Gasteiger partial charge in [-0.05, 0) is 40.0 Å². The van der Waals surface area contributed by atoms with Gasteiger partial charge in [0.2, 0.25) is 0 Å². The van der Waals surface area contributed by atoms with Gasteiger partial charge in [-0.15, -0.1) is 0 Å². The van der Waals surface area contributed by atoms with Crippen molar-refractivity contribution >= 4 is 0 Å². The first-order chi connectivity index (χ1) is 8.51. The van der Waals surface area contributed by atoms with Crippen molar-refractivity contribution in [1.29, 1.82) is 5.26 Å². The first-order valence-corrected chi connectivity index (χ1v) is 6.84. The Bertz CT molecular complexity index is 288. The minimum atomic E-state index is -0.413. The molecular formula is C14H26N2O2. The summed E-state index contributed by atoms with van der Waals surface area (Å²) >= 11 is 0. The van der Waals surface area contributed by atoms with Crippen molar-refractivity contribution in [3.8, 4) is 6.07 Å². The molecule has 1 N–H and O–H groups in total. The highest BCUT2D eigenvalue weighted by molar-refractivity contribution is 5.10. The predicted octanol–water partition coefficient (Wildman–Crippen LogP) is 2.24. The lowest BCUT2D eigenvalue weighted by molar-refractivity contribution is -0.0620. The van der Waals surface area contributed by atoms with Gasteiger partial charge < -0.3 is 9.47 Å². The number of nitriles is 1. The van der Waals surface area contributed by atoms with Gasteiger partial charge in [0.25, 0.3) is 0 Å². The molecule has 18 heavy (non-hydrogen) atoms. The monoisotopic (exact) mass is 254 g/mol. The zero-order chi connectivity index (χ0) is 13.6. The number of nitrogens with zero attached hydrogens (tertiary/aromatic N) is 1. The van der Waals surface area contributed by atoms with Crippen molar-refractivity contribution in [2.75, 3.05) is 13.7 Å². The molecule has 1 saturated carbocycles. The highest BCUT2D eigenvalue weighted by Crippen LogP contribution is 2.30. The first-order valence-electron chi connectivity index (χ1n) is 6.84. The molecule has 3 unspecified atom stereocenters. The van der Waals surface area contributed by atoms with E-state index in [2.05, 4.69) is 25.2 Å². The van der Waals surface area contributed by atoms with Crippen LogP contribution in [0.2, 0.25) is 0 Å². The molecule has 0 aliphatic heterocycles. The number of methoxy groups -OCH3 is 1. The summed E-state index contributed by atoms with van der Waals surface area (Å²) in [6.07, 6.45) is 4.02. The molecule has 0 aromatic rings. The Morgan fingerprint density at radius 3 is 2.72 bits per heavy atom. The second-order valence-electron chi connectivity index (χ2n) is 5.61. The molecule has 0 aromatic heterocycles. The summed E-state index contributed by atoms with van der Waals surface area (Å²) in [7, 11) is 1.68. The van der Waals surface area contributed by atoms with Gasteiger partial charge in [-0.3, -0.25) is 5.32 Å². The van der Waals surface area contributed by atoms with Gasteiger partial charge in [0, 0.05) is 19.6 Å². The predicted molar refractivity (Wildman–Crippen MR) is 71.3 cm³/mol. The Kier molecular flexibility index (Phi) is 6.07. The lowest BCUT2D eigenvalue weighted by Crippen LogP contribution is -2.52. The van der Waals surface area contributed by atoms with Crippen LogP contribution < -0.4 is 5.32 Å². The largest absolute Gasteiger partial charge is 0.382 e. The van der Waals surface area contributed by atoms with Crippen LogP contribution in [0.5, 0.6) is 0 Å². The van der Waals surface area contributed by atoms with Crippen molar-refractivity contribution in [2.45, 2.75) is 70.2 Å². The van der Waals surface area contributed by atoms with Gasteiger partial charge >= 0.3 is 0 Å². The van der Waals surface area contributed by atoms with E-state index in [0.717, 1.165) is 25.7 Å². The van der Waals surface area contributed by atoms with Crippen molar-refractivity contribution in [2.24, 2.45) is 0 Å². The second-order valence-corrected chi connectivity index (χ2v) is 5.61. The summed E-state index contributed by atoms with van der Waals surface area (Å²) in [6.45, 7) is 6.78. The van der Waals surface area contributed by atoms with Gasteiger partial charge in [-0.25, -0.2) is 0 Å². The molecule has 0 heterocycles. The molecule has 4 nitrogen and oxygen atoms in total. The van der Waals surface area contributed by atoms with E-state index < -0.39 is 5.54 Å². The van der Waals surface area contributed by atoms with Crippen molar-refractivity contribution in [3.05, 3.63) is 0 Å². The van der Waals surface area contributed by atoms with Crippen LogP contribution in [0, 0.1) is 11.3 Å². The van der Waals surface area contributed by atoms with Crippen molar-refractivity contribution < 1.29 is 9.47 Å². The minimum absolute atomic E-state index is 0.0912. The zero-order valence-corrected chi connectivity index (χ0v) is 12.0. The lowest BCUT2D eigenvalue weighted by Gasteiger charge is -2.38. The van der Waals surface area contributed by atoms with Gasteiger partial charge in [0.05, 0.1) is 24.9 Å². The van der Waals surface area contributed by atoms with Gasteiger partial charge in [0.15, 0.2) is 0 Å². The van der Waals surface area contributed by atoms with E-state index in [1.165, 1.54) is 0 Å². The quantitative estimate of drug-likeness (QED) is 0.790. The van der Waals surface area contributed by atoms with E-state index in [-0.39, 0.29) is 12.2 Å². The van der Waals surface area contributed by atoms with Crippen LogP contribution >= 0.6 is 0 Å². The molecule has 104 valence electrons. The van der Waals surface area contributed by atoms with E-state index in [1.54, 1.807) is 7.11 Å². The Morgan fingerprint density at radius 1 is 1.44 bits per heavy atom. The Hall–Kier alpha value is -0.630. The third-order valence-corrected chi connectivity index (χ3v) is 3.31. The number of hydrogen-bond acceptors (Lipinski definition) is 4. The van der Waals surface area contributed by atoms with Gasteiger partial charge in [-0.2, -0.15) is 5.26 Å². The van der Waals surface area contributed by atoms with Crippen LogP contribution in [0.15, 0.2) is 0 Å². The van der Waals surface area contributed by atoms with Crippen LogP contribution in [0.4, 0.5) is 0 Å². The van der Waals surface area contributed by atoms with Crippen LogP contribution in [0.1, 0.15) is 46.5 Å². The SMILES string of the molecule is COCC(C)OC1CCCC(C#N)(NC(C)C)C1. The minimum Gasteiger partial charge on any atom is -0.382 e. The lowest BCUT2D eigenvalue weighted by atomic mass is 9.80. The molecule has 3 atom stereocenters. The molecule has 0 bridgehead atoms. The van der Waals surface area contributed by atoms with E-state index in [4.69, 9.17) is 9.47 Å². The summed E-state index contributed by atoms with van der Waals surface area (Å²) in [4.78, 5) is 0. The smallest absolute Gasteiger partial charge is 0.109 e. The van der Waals surface area contributed by atoms with Crippen molar-refractivity contribution in [1.82, 2.24) is 5.32 Å². The first kappa shape index (κ1) is 15.4. The average Bonchev–Trinajstić information content (AvgIpc) is 2.28. The standard InChI is InChI=1S/C14H26N2O2/c1-11(2)16-14(10-15)7-5-6-13(8-14)18-12(3)9-17-4/h11-13,16H,5-9H2,1-4H3. The molecule has 0 saturated heterocycles. The summed E-state index contributed by atoms with van der Waals surface area (Å²) in [5, 5.41) is 12.9. The van der Waals surface area contributed by atoms with E-state index in [0.29, 0.717) is 12.6 Å². The van der Waals surface area contributed by atoms with Crippen LogP contribution in [-0.4, -0.2) is 37.5 Å². The van der Waals surface area contributed by atoms with Crippen LogP contribution in [0.3, 0.4) is 0 Å². The molecule has 1 aliphatic rings. The highest BCUT2D eigenvalue weighted by atomic mass is 16.5. The Balaban J connectivity index is 2.56. The number of hydrogen-bond donors (Lipinski definition) is 1. The summed E-state index contributed by atoms with van der Waals surface area (Å²) < 4.78 is 11.0. The second kappa shape index (κ2) is 7.08. The van der Waals surface area contributed by atoms with Crippen molar-refractivity contribution in [3.63, 3.8) is 0 Å². The third-order valence-electron chi connectivity index (χ3n) is 3.31. The maximum atomic E-state index is 9.45. The molecule has 1 aliphatic carbocycles. The highest BCUT2D eigenvalue weighted by Gasteiger charge is 2.37. The number of rotatable bonds is 6. The van der Waals surface area contributed by atoms with E-state index >= 15 is 0 Å². The van der Waals surface area contributed by atoms with Gasteiger partial charge in [0.1, 0.15) is 5.54 Å². The molecule has 1 fully saturated rings. The molecule has 0 spiro atoms. The fraction of sp³-hybridized carbons (Fsp3) is 0.929. The van der Waals surface area contributed by atoms with Gasteiger partial charge in [-0.1, -0.05) is 0 Å². The molecule has 4 heteroatoms. The van der Waals surface area contributed by atoms with E-state index in [1.807, 2.05) is 6.92 Å². The molecular weight excluding hydrogens is 228 g/mol. The summed E-state index contributed by atoms with van der Waals surface area (Å²) in [5.41, 5.74) is -0.413. The van der Waals surface area contributed by atoms with E-state index in [9.17, 15) is 5.26 Å². The topological polar surface area (TPSA) is 54.3 Å². The Morgan fingerprint density at radius 2 is 2.17 bits per heavy atom. The molecule has 1 rings (SSSR count).